The van der Waals surface area contributed by atoms with Crippen molar-refractivity contribution in [2.45, 2.75) is 6.92 Å². The fourth-order valence-electron chi connectivity index (χ4n) is 2.72. The summed E-state index contributed by atoms with van der Waals surface area (Å²) in [5.74, 6) is -0.320. The maximum absolute atomic E-state index is 13.2. The topological polar surface area (TPSA) is 97.6 Å². The monoisotopic (exact) mass is 411 g/mol. The van der Waals surface area contributed by atoms with Gasteiger partial charge in [-0.25, -0.2) is 0 Å². The van der Waals surface area contributed by atoms with Gasteiger partial charge >= 0.3 is 0 Å². The van der Waals surface area contributed by atoms with Crippen molar-refractivity contribution in [3.05, 3.63) is 81.4 Å². The van der Waals surface area contributed by atoms with E-state index < -0.39 is 5.56 Å². The van der Waals surface area contributed by atoms with E-state index in [9.17, 15) is 9.90 Å². The van der Waals surface area contributed by atoms with E-state index >= 15 is 0 Å². The van der Waals surface area contributed by atoms with Gasteiger partial charge in [0.15, 0.2) is 9.88 Å². The molecule has 0 saturated carbocycles. The lowest BCUT2D eigenvalue weighted by molar-refractivity contribution is 0.429. The van der Waals surface area contributed by atoms with Gasteiger partial charge in [0.1, 0.15) is 5.56 Å². The number of benzene rings is 2. The molecule has 0 aliphatic carbocycles. The minimum Gasteiger partial charge on any atom is -0.494 e. The molecule has 0 aliphatic heterocycles. The molecule has 28 heavy (non-hydrogen) atoms. The van der Waals surface area contributed by atoms with Gasteiger partial charge in [-0.15, -0.1) is 0 Å². The van der Waals surface area contributed by atoms with E-state index in [0.29, 0.717) is 11.4 Å². The molecule has 0 bridgehead atoms. The lowest BCUT2D eigenvalue weighted by Gasteiger charge is -2.17. The summed E-state index contributed by atoms with van der Waals surface area (Å²) in [6.07, 6.45) is 0. The Bertz CT molecular complexity index is 1170. The number of nitrogens with zero attached hydrogens (tertiary/aromatic N) is 3. The highest BCUT2D eigenvalue weighted by atomic mass is 32.1. The first-order chi connectivity index (χ1) is 13.4. The molecule has 0 amide bonds. The lowest BCUT2D eigenvalue weighted by atomic mass is 10.2. The zero-order valence-electron chi connectivity index (χ0n) is 14.9. The highest BCUT2D eigenvalue weighted by Crippen LogP contribution is 2.22. The Kier molecular flexibility index (Phi) is 5.67. The summed E-state index contributed by atoms with van der Waals surface area (Å²) in [5.41, 5.74) is 8.69. The number of rotatable bonds is 4. The highest BCUT2D eigenvalue weighted by Gasteiger charge is 2.21. The summed E-state index contributed by atoms with van der Waals surface area (Å²) >= 11 is 10.3. The van der Waals surface area contributed by atoms with Crippen molar-refractivity contribution in [3.63, 3.8) is 0 Å². The van der Waals surface area contributed by atoms with Crippen molar-refractivity contribution in [1.29, 1.82) is 0 Å². The van der Waals surface area contributed by atoms with Crippen molar-refractivity contribution < 1.29 is 5.11 Å². The molecular weight excluding hydrogens is 394 g/mol. The molecular formula is C19H17N5O2S2. The molecule has 0 saturated heterocycles. The third kappa shape index (κ3) is 3.71. The van der Waals surface area contributed by atoms with Crippen molar-refractivity contribution >= 4 is 35.3 Å². The first-order valence-electron chi connectivity index (χ1n) is 8.23. The number of hydrogen-bond acceptors (Lipinski definition) is 5. The van der Waals surface area contributed by atoms with Gasteiger partial charge in [0.2, 0.25) is 5.88 Å². The van der Waals surface area contributed by atoms with E-state index in [2.05, 4.69) is 10.5 Å². The van der Waals surface area contributed by atoms with Crippen LogP contribution in [0.4, 0.5) is 0 Å². The van der Waals surface area contributed by atoms with Gasteiger partial charge in [0.05, 0.1) is 17.1 Å². The second-order valence-corrected chi connectivity index (χ2v) is 6.61. The highest BCUT2D eigenvalue weighted by molar-refractivity contribution is 7.80. The molecule has 0 atom stereocenters. The summed E-state index contributed by atoms with van der Waals surface area (Å²) in [4.78, 5) is 13.2. The maximum atomic E-state index is 13.2. The van der Waals surface area contributed by atoms with Gasteiger partial charge < -0.3 is 10.8 Å². The smallest absolute Gasteiger partial charge is 0.272 e. The van der Waals surface area contributed by atoms with Gasteiger partial charge in [-0.05, 0) is 55.6 Å². The molecule has 9 heteroatoms. The molecule has 0 spiro atoms. The number of aromatic hydroxyl groups is 1. The van der Waals surface area contributed by atoms with Gasteiger partial charge in [0, 0.05) is 0 Å². The summed E-state index contributed by atoms with van der Waals surface area (Å²) in [5, 5.41) is 14.9. The van der Waals surface area contributed by atoms with Crippen LogP contribution in [-0.4, -0.2) is 25.1 Å². The van der Waals surface area contributed by atoms with Crippen LogP contribution in [0.25, 0.3) is 11.4 Å². The van der Waals surface area contributed by atoms with Gasteiger partial charge in [0.25, 0.3) is 5.56 Å². The molecule has 3 aromatic rings. The number of hydrazone groups is 1. The fourth-order valence-corrected chi connectivity index (χ4v) is 3.15. The summed E-state index contributed by atoms with van der Waals surface area (Å²) < 4.78 is 2.88. The molecule has 3 rings (SSSR count). The Morgan fingerprint density at radius 3 is 2.04 bits per heavy atom. The first-order valence-corrected chi connectivity index (χ1v) is 9.05. The predicted molar refractivity (Wildman–Crippen MR) is 116 cm³/mol. The molecule has 142 valence electrons. The number of para-hydroxylation sites is 2. The summed E-state index contributed by atoms with van der Waals surface area (Å²) in [6.45, 7) is 1.56. The molecule has 0 fully saturated rings. The molecule has 7 nitrogen and oxygen atoms in total. The molecule has 2 aromatic carbocycles. The SMILES string of the molecule is C/C(=N\NC(N)=S)c1c(O)n(-c2ccccc2)c(=S)n(-c2ccccc2)c1=O. The normalized spacial score (nSPS) is 11.2. The molecule has 1 heterocycles. The Hall–Kier alpha value is -3.30. The van der Waals surface area contributed by atoms with Crippen LogP contribution >= 0.6 is 24.4 Å². The van der Waals surface area contributed by atoms with Gasteiger partial charge in [-0.2, -0.15) is 5.10 Å². The van der Waals surface area contributed by atoms with Crippen molar-refractivity contribution in [1.82, 2.24) is 14.6 Å². The minimum atomic E-state index is -0.508. The number of thiocarbonyl (C=S) groups is 1. The number of aromatic nitrogens is 2. The van der Waals surface area contributed by atoms with Crippen LogP contribution < -0.4 is 16.7 Å². The fraction of sp³-hybridized carbons (Fsp3) is 0.0526. The number of hydrogen-bond donors (Lipinski definition) is 3. The third-order valence-electron chi connectivity index (χ3n) is 3.96. The Morgan fingerprint density at radius 1 is 1.04 bits per heavy atom. The quantitative estimate of drug-likeness (QED) is 0.347. The van der Waals surface area contributed by atoms with Crippen LogP contribution in [0.5, 0.6) is 5.88 Å². The van der Waals surface area contributed by atoms with Crippen LogP contribution in [0.3, 0.4) is 0 Å². The molecule has 4 N–H and O–H groups in total. The average molecular weight is 412 g/mol. The van der Waals surface area contributed by atoms with E-state index in [1.165, 1.54) is 9.13 Å². The Morgan fingerprint density at radius 2 is 1.54 bits per heavy atom. The minimum absolute atomic E-state index is 0.0231. The summed E-state index contributed by atoms with van der Waals surface area (Å²) in [7, 11) is 0. The second-order valence-electron chi connectivity index (χ2n) is 5.80. The van der Waals surface area contributed by atoms with Crippen LogP contribution in [-0.2, 0) is 0 Å². The largest absolute Gasteiger partial charge is 0.494 e. The van der Waals surface area contributed by atoms with E-state index in [4.69, 9.17) is 30.2 Å². The van der Waals surface area contributed by atoms with Crippen molar-refractivity contribution in [2.75, 3.05) is 0 Å². The first kappa shape index (κ1) is 19.5. The van der Waals surface area contributed by atoms with Crippen LogP contribution in [0, 0.1) is 4.77 Å². The lowest BCUT2D eigenvalue weighted by Crippen LogP contribution is -2.31. The van der Waals surface area contributed by atoms with Crippen molar-refractivity contribution in [3.8, 4) is 17.3 Å². The maximum Gasteiger partial charge on any atom is 0.272 e. The molecule has 1 aromatic heterocycles. The van der Waals surface area contributed by atoms with E-state index in [1.807, 2.05) is 24.3 Å². The average Bonchev–Trinajstić information content (AvgIpc) is 2.68. The molecule has 0 unspecified atom stereocenters. The van der Waals surface area contributed by atoms with Crippen LogP contribution in [0.1, 0.15) is 12.5 Å². The number of nitrogens with two attached hydrogens (primary N) is 1. The molecule has 0 aliphatic rings. The zero-order chi connectivity index (χ0) is 20.3. The van der Waals surface area contributed by atoms with E-state index in [-0.39, 0.29) is 27.0 Å². The van der Waals surface area contributed by atoms with Gasteiger partial charge in [-0.3, -0.25) is 19.4 Å². The number of nitrogens with one attached hydrogen (secondary N) is 1. The Labute approximate surface area is 171 Å². The van der Waals surface area contributed by atoms with E-state index in [0.717, 1.165) is 0 Å². The van der Waals surface area contributed by atoms with Crippen LogP contribution in [0.15, 0.2) is 70.6 Å². The van der Waals surface area contributed by atoms with Gasteiger partial charge in [-0.1, -0.05) is 36.4 Å². The predicted octanol–water partition coefficient (Wildman–Crippen LogP) is 2.62. The second kappa shape index (κ2) is 8.15. The Balaban J connectivity index is 2.41. The third-order valence-corrected chi connectivity index (χ3v) is 4.42. The standard InChI is InChI=1S/C19H17N5O2S2/c1-12(21-22-18(20)27)15-16(25)23(13-8-4-2-5-9-13)19(28)24(17(15)26)14-10-6-3-7-11-14/h2-11,25H,1H3,(H3,20,22,27)/b21-12+. The zero-order valence-corrected chi connectivity index (χ0v) is 16.5. The van der Waals surface area contributed by atoms with Crippen molar-refractivity contribution in [2.24, 2.45) is 10.8 Å². The van der Waals surface area contributed by atoms with E-state index in [1.54, 1.807) is 43.3 Å². The van der Waals surface area contributed by atoms with Crippen LogP contribution in [0.2, 0.25) is 0 Å². The molecule has 0 radical (unpaired) electrons. The summed E-state index contributed by atoms with van der Waals surface area (Å²) in [6, 6.07) is 18.0.